The predicted octanol–water partition coefficient (Wildman–Crippen LogP) is 3.45. The van der Waals surface area contributed by atoms with Crippen LogP contribution in [0.25, 0.3) is 0 Å². The van der Waals surface area contributed by atoms with Crippen LogP contribution in [0.15, 0.2) is 72.8 Å². The number of urea groups is 2. The Labute approximate surface area is 444 Å². The zero-order chi connectivity index (χ0) is 53.6. The fourth-order valence-electron chi connectivity index (χ4n) is 12.1. The minimum absolute atomic E-state index is 0.135. The summed E-state index contributed by atoms with van der Waals surface area (Å²) in [5.74, 6) is -2.11. The van der Waals surface area contributed by atoms with Crippen LogP contribution in [0, 0.1) is 0 Å². The van der Waals surface area contributed by atoms with E-state index < -0.39 is 71.9 Å². The molecule has 4 fully saturated rings. The number of hydrogen-bond acceptors (Lipinski definition) is 10. The topological polar surface area (TPSA) is 246 Å². The Balaban J connectivity index is 0.839. The molecule has 0 saturated carbocycles. The lowest BCUT2D eigenvalue weighted by Crippen LogP contribution is -2.62. The van der Waals surface area contributed by atoms with Crippen molar-refractivity contribution < 1.29 is 38.4 Å². The number of rotatable bonds is 12. The van der Waals surface area contributed by atoms with E-state index in [-0.39, 0.29) is 62.2 Å². The second-order valence-electron chi connectivity index (χ2n) is 21.3. The quantitative estimate of drug-likeness (QED) is 0.131. The Morgan fingerprint density at radius 1 is 0.487 bits per heavy atom. The van der Waals surface area contributed by atoms with Gasteiger partial charge in [-0.2, -0.15) is 0 Å². The number of hydrogen-bond donors (Lipinski definition) is 8. The Bertz CT molecular complexity index is 2490. The molecule has 20 heteroatoms. The molecule has 10 atom stereocenters. The highest BCUT2D eigenvalue weighted by Crippen LogP contribution is 2.35. The van der Waals surface area contributed by atoms with E-state index in [4.69, 9.17) is 0 Å². The van der Waals surface area contributed by atoms with Gasteiger partial charge in [-0.3, -0.25) is 28.8 Å². The maximum Gasteiger partial charge on any atom is 0.321 e. The maximum atomic E-state index is 14.6. The van der Waals surface area contributed by atoms with Crippen LogP contribution in [0.3, 0.4) is 0 Å². The number of amides is 10. The number of aryl methyl sites for hydroxylation is 2. The number of fused-ring (bicyclic) bond motifs is 4. The number of nitrogens with one attached hydrogen (secondary N) is 8. The van der Waals surface area contributed by atoms with Crippen molar-refractivity contribution in [3.05, 3.63) is 95.1 Å². The van der Waals surface area contributed by atoms with Gasteiger partial charge >= 0.3 is 12.1 Å². The third-order valence-electron chi connectivity index (χ3n) is 16.6. The molecule has 9 rings (SSSR count). The highest BCUT2D eigenvalue weighted by atomic mass is 16.2. The Morgan fingerprint density at radius 2 is 0.882 bits per heavy atom. The van der Waals surface area contributed by atoms with Crippen LogP contribution >= 0.6 is 0 Å². The Hall–Kier alpha value is -7.06. The molecule has 76 heavy (non-hydrogen) atoms. The fraction of sp³-hybridized carbons (Fsp3) is 0.536. The molecule has 0 radical (unpaired) electrons. The van der Waals surface area contributed by atoms with Crippen LogP contribution in [0.4, 0.5) is 21.0 Å². The number of benzene rings is 3. The molecule has 8 N–H and O–H groups in total. The molecule has 3 aromatic carbocycles. The normalized spacial score (nSPS) is 26.1. The van der Waals surface area contributed by atoms with E-state index >= 15 is 0 Å². The molecular weight excluding hydrogens is 969 g/mol. The highest BCUT2D eigenvalue weighted by molar-refractivity contribution is 5.97. The largest absolute Gasteiger partial charge is 0.347 e. The first kappa shape index (κ1) is 53.8. The molecule has 4 heterocycles. The standard InChI is InChI=1S/C56H74N12O8/c1-33(57-3)49(69)63-45-31-65(29-27-39-23-25-47(67(39)53(45)73)51(71)61-43-17-9-13-35-11-5-7-15-41(35)43)55(75)59-37-19-21-38(22-20-37)60-56(76)66-30-28-40-24-26-48(68(40)54(74)46(32-66)64-50(70)34(2)58-4)52(72)62-44-18-10-14-36-12-6-8-16-42(36)44/h5-8,11-12,15-16,19-22,33-34,39-40,43-48,57-58H,9-10,13-14,17-18,23-32H2,1-4H3,(H,59,75)(H,60,76)(H,61,71)(H,62,72)(H,63,69)(H,64,70)/t33-,34-,39+,40+,43+,44+,45-,46-,47-,48?/m0/s1. The van der Waals surface area contributed by atoms with Gasteiger partial charge in [-0.25, -0.2) is 9.59 Å². The van der Waals surface area contributed by atoms with Gasteiger partial charge in [0.05, 0.1) is 37.3 Å². The van der Waals surface area contributed by atoms with E-state index in [1.165, 1.54) is 20.9 Å². The van der Waals surface area contributed by atoms with E-state index in [1.54, 1.807) is 62.0 Å². The van der Waals surface area contributed by atoms with E-state index in [1.807, 2.05) is 36.4 Å². The molecule has 0 spiro atoms. The van der Waals surface area contributed by atoms with Crippen LogP contribution in [-0.2, 0) is 41.6 Å². The van der Waals surface area contributed by atoms with Crippen molar-refractivity contribution in [3.63, 3.8) is 0 Å². The predicted molar refractivity (Wildman–Crippen MR) is 286 cm³/mol. The van der Waals surface area contributed by atoms with Gasteiger partial charge in [-0.1, -0.05) is 48.5 Å². The first-order chi connectivity index (χ1) is 36.7. The average molecular weight is 1040 g/mol. The first-order valence-corrected chi connectivity index (χ1v) is 27.3. The molecule has 3 aromatic rings. The number of likely N-dealkylation sites (N-methyl/N-ethyl adjacent to an activating group) is 2. The van der Waals surface area contributed by atoms with Gasteiger partial charge in [-0.05, 0) is 152 Å². The molecule has 20 nitrogen and oxygen atoms in total. The van der Waals surface area contributed by atoms with Crippen molar-refractivity contribution in [3.8, 4) is 0 Å². The van der Waals surface area contributed by atoms with E-state index in [0.717, 1.165) is 49.7 Å². The summed E-state index contributed by atoms with van der Waals surface area (Å²) in [5, 5.41) is 23.9. The van der Waals surface area contributed by atoms with Gasteiger partial charge in [0, 0.05) is 36.5 Å². The zero-order valence-corrected chi connectivity index (χ0v) is 44.1. The lowest BCUT2D eigenvalue weighted by molar-refractivity contribution is -0.145. The van der Waals surface area contributed by atoms with Gasteiger partial charge in [0.25, 0.3) is 0 Å². The highest BCUT2D eigenvalue weighted by Gasteiger charge is 2.48. The molecule has 0 aromatic heterocycles. The lowest BCUT2D eigenvalue weighted by atomic mass is 9.87. The summed E-state index contributed by atoms with van der Waals surface area (Å²) in [7, 11) is 3.28. The fourth-order valence-corrected chi connectivity index (χ4v) is 12.1. The van der Waals surface area contributed by atoms with Crippen LogP contribution in [0.2, 0.25) is 0 Å². The van der Waals surface area contributed by atoms with Crippen molar-refractivity contribution >= 4 is 58.9 Å². The van der Waals surface area contributed by atoms with E-state index in [0.29, 0.717) is 49.9 Å². The summed E-state index contributed by atoms with van der Waals surface area (Å²) in [6, 6.07) is 15.9. The summed E-state index contributed by atoms with van der Waals surface area (Å²) in [6.07, 6.45) is 8.30. The molecular formula is C56H74N12O8. The molecule has 2 aliphatic carbocycles. The zero-order valence-electron chi connectivity index (χ0n) is 44.1. The van der Waals surface area contributed by atoms with Gasteiger partial charge in [-0.15, -0.1) is 0 Å². The van der Waals surface area contributed by atoms with Gasteiger partial charge in [0.15, 0.2) is 0 Å². The summed E-state index contributed by atoms with van der Waals surface area (Å²) in [6.45, 7) is 3.58. The second-order valence-corrected chi connectivity index (χ2v) is 21.3. The number of nitrogens with zero attached hydrogens (tertiary/aromatic N) is 4. The minimum atomic E-state index is -1.13. The molecule has 1 unspecified atom stereocenters. The molecule has 6 aliphatic rings. The van der Waals surface area contributed by atoms with Crippen LogP contribution < -0.4 is 42.5 Å². The summed E-state index contributed by atoms with van der Waals surface area (Å²) in [5.41, 5.74) is 5.45. The van der Waals surface area contributed by atoms with Gasteiger partial charge in [0.2, 0.25) is 35.4 Å². The van der Waals surface area contributed by atoms with E-state index in [9.17, 15) is 38.4 Å². The number of carbonyl (C=O) groups is 8. The Morgan fingerprint density at radius 3 is 1.28 bits per heavy atom. The summed E-state index contributed by atoms with van der Waals surface area (Å²) >= 11 is 0. The van der Waals surface area contributed by atoms with E-state index in [2.05, 4.69) is 54.7 Å². The number of anilines is 2. The molecule has 4 aliphatic heterocycles. The Kier molecular flexibility index (Phi) is 16.9. The van der Waals surface area contributed by atoms with Crippen LogP contribution in [0.5, 0.6) is 0 Å². The van der Waals surface area contributed by atoms with Gasteiger partial charge in [0.1, 0.15) is 24.2 Å². The van der Waals surface area contributed by atoms with Crippen molar-refractivity contribution in [1.29, 1.82) is 0 Å². The summed E-state index contributed by atoms with van der Waals surface area (Å²) < 4.78 is 0. The average Bonchev–Trinajstić information content (AvgIpc) is 4.06. The minimum Gasteiger partial charge on any atom is -0.347 e. The monoisotopic (exact) mass is 1040 g/mol. The molecule has 4 saturated heterocycles. The van der Waals surface area contributed by atoms with Crippen molar-refractivity contribution in [2.45, 2.75) is 151 Å². The molecule has 0 bridgehead atoms. The van der Waals surface area contributed by atoms with Crippen molar-refractivity contribution in [2.24, 2.45) is 0 Å². The first-order valence-electron chi connectivity index (χ1n) is 27.3. The third-order valence-corrected chi connectivity index (χ3v) is 16.6. The third kappa shape index (κ3) is 11.8. The van der Waals surface area contributed by atoms with Gasteiger partial charge < -0.3 is 62.1 Å². The maximum absolute atomic E-state index is 14.6. The molecule has 406 valence electrons. The number of carbonyl (C=O) groups excluding carboxylic acids is 8. The smallest absolute Gasteiger partial charge is 0.321 e. The van der Waals surface area contributed by atoms with Crippen LogP contribution in [0.1, 0.15) is 112 Å². The lowest BCUT2D eigenvalue weighted by Gasteiger charge is -2.39. The van der Waals surface area contributed by atoms with Crippen molar-refractivity contribution in [1.82, 2.24) is 51.5 Å². The summed E-state index contributed by atoms with van der Waals surface area (Å²) in [4.78, 5) is 118. The van der Waals surface area contributed by atoms with Crippen LogP contribution in [-0.4, -0.2) is 156 Å². The SMILES string of the molecule is CN[C@@H](C)C(=O)N[C@H]1CN(C(=O)Nc2ccc(NC(=O)N3CC[C@H]4CC[C@@H](C(=O)N[C@@H]5CCCc6ccccc65)N4C(=O)[C@@H](NC(=O)[C@H](C)NC)C3)cc2)CC[C@H]2CCC(C(=O)N[C@@H]3CCCc4ccccc43)N2C1=O. The van der Waals surface area contributed by atoms with Crippen molar-refractivity contribution in [2.75, 3.05) is 50.9 Å². The molecule has 10 amide bonds. The second kappa shape index (κ2) is 23.9.